The Kier molecular flexibility index (Phi) is 3.69. The number of halogens is 1. The number of hydrogen-bond donors (Lipinski definition) is 0. The van der Waals surface area contributed by atoms with Gasteiger partial charge >= 0.3 is 5.97 Å². The Morgan fingerprint density at radius 3 is 2.47 bits per heavy atom. The molecule has 0 bridgehead atoms. The van der Waals surface area contributed by atoms with E-state index in [1.54, 1.807) is 0 Å². The predicted octanol–water partition coefficient (Wildman–Crippen LogP) is 1.31. The molecule has 0 unspecified atom stereocenters. The number of rotatable bonds is 3. The second-order valence-electron chi connectivity index (χ2n) is 2.87. The molecule has 0 aliphatic rings. The molecule has 0 aliphatic carbocycles. The van der Waals surface area contributed by atoms with Gasteiger partial charge < -0.3 is 4.74 Å². The highest BCUT2D eigenvalue weighted by Crippen LogP contribution is 2.25. The highest BCUT2D eigenvalue weighted by atomic mass is 35.7. The van der Waals surface area contributed by atoms with Crippen LogP contribution >= 0.6 is 10.7 Å². The molecule has 9 heteroatoms. The molecule has 0 aromatic heterocycles. The lowest BCUT2D eigenvalue weighted by atomic mass is 10.2. The highest BCUT2D eigenvalue weighted by molar-refractivity contribution is 8.13. The first kappa shape index (κ1) is 13.4. The van der Waals surface area contributed by atoms with Gasteiger partial charge in [-0.05, 0) is 6.07 Å². The number of ether oxygens (including phenoxy) is 1. The molecule has 0 fully saturated rings. The zero-order chi connectivity index (χ0) is 13.2. The smallest absolute Gasteiger partial charge is 0.339 e. The maximum Gasteiger partial charge on any atom is 0.339 e. The third-order valence-corrected chi connectivity index (χ3v) is 3.21. The summed E-state index contributed by atoms with van der Waals surface area (Å²) in [6.45, 7) is 0. The second-order valence-corrected chi connectivity index (χ2v) is 5.40. The predicted molar refractivity (Wildman–Crippen MR) is 57.5 cm³/mol. The second kappa shape index (κ2) is 4.68. The molecule has 0 aliphatic heterocycles. The van der Waals surface area contributed by atoms with Crippen LogP contribution in [0.3, 0.4) is 0 Å². The van der Waals surface area contributed by atoms with E-state index < -0.39 is 30.5 Å². The number of esters is 1. The number of methoxy groups -OCH3 is 1. The van der Waals surface area contributed by atoms with Crippen molar-refractivity contribution < 1.29 is 22.9 Å². The van der Waals surface area contributed by atoms with Crippen molar-refractivity contribution in [2.75, 3.05) is 7.11 Å². The van der Waals surface area contributed by atoms with Gasteiger partial charge in [-0.1, -0.05) is 0 Å². The Labute approximate surface area is 101 Å². The van der Waals surface area contributed by atoms with E-state index in [0.29, 0.717) is 6.07 Å². The molecule has 7 nitrogen and oxygen atoms in total. The molecule has 0 atom stereocenters. The molecule has 0 radical (unpaired) electrons. The summed E-state index contributed by atoms with van der Waals surface area (Å²) in [5.74, 6) is -0.945. The summed E-state index contributed by atoms with van der Waals surface area (Å²) in [4.78, 5) is 20.3. The standard InChI is InChI=1S/C8H6ClNO6S/c1-16-8(11)6-3-2-5(10(12)13)4-7(6)17(9,14)15/h2-4H,1H3. The average molecular weight is 280 g/mol. The summed E-state index contributed by atoms with van der Waals surface area (Å²) in [5.41, 5.74) is -0.843. The number of nitrogens with zero attached hydrogens (tertiary/aromatic N) is 1. The van der Waals surface area contributed by atoms with E-state index >= 15 is 0 Å². The fraction of sp³-hybridized carbons (Fsp3) is 0.125. The van der Waals surface area contributed by atoms with Crippen molar-refractivity contribution in [2.45, 2.75) is 4.90 Å². The Bertz CT molecular complexity index is 582. The summed E-state index contributed by atoms with van der Waals surface area (Å²) >= 11 is 0. The molecule has 17 heavy (non-hydrogen) atoms. The number of nitro groups is 1. The van der Waals surface area contributed by atoms with Crippen LogP contribution < -0.4 is 0 Å². The molecule has 0 saturated heterocycles. The minimum Gasteiger partial charge on any atom is -0.465 e. The van der Waals surface area contributed by atoms with Crippen molar-refractivity contribution in [3.05, 3.63) is 33.9 Å². The van der Waals surface area contributed by atoms with Gasteiger partial charge in [-0.15, -0.1) is 0 Å². The maximum absolute atomic E-state index is 11.2. The first-order valence-corrected chi connectivity index (χ1v) is 6.39. The number of benzene rings is 1. The van der Waals surface area contributed by atoms with E-state index in [1.165, 1.54) is 0 Å². The maximum atomic E-state index is 11.2. The lowest BCUT2D eigenvalue weighted by Gasteiger charge is -2.04. The molecule has 1 aromatic carbocycles. The van der Waals surface area contributed by atoms with E-state index in [0.717, 1.165) is 19.2 Å². The van der Waals surface area contributed by atoms with Gasteiger partial charge in [-0.3, -0.25) is 10.1 Å². The van der Waals surface area contributed by atoms with Gasteiger partial charge in [0, 0.05) is 22.8 Å². The topological polar surface area (TPSA) is 104 Å². The molecule has 1 aromatic rings. The number of nitro benzene ring substituents is 1. The Morgan fingerprint density at radius 2 is 2.06 bits per heavy atom. The summed E-state index contributed by atoms with van der Waals surface area (Å²) in [7, 11) is 1.86. The van der Waals surface area contributed by atoms with Crippen molar-refractivity contribution in [1.82, 2.24) is 0 Å². The monoisotopic (exact) mass is 279 g/mol. The van der Waals surface area contributed by atoms with Gasteiger partial charge in [-0.25, -0.2) is 13.2 Å². The fourth-order valence-corrected chi connectivity index (χ4v) is 2.16. The Balaban J connectivity index is 3.54. The third kappa shape index (κ3) is 2.92. The van der Waals surface area contributed by atoms with Crippen LogP contribution in [0.15, 0.2) is 23.1 Å². The van der Waals surface area contributed by atoms with E-state index in [2.05, 4.69) is 4.74 Å². The van der Waals surface area contributed by atoms with Gasteiger partial charge in [-0.2, -0.15) is 0 Å². The molecule has 0 heterocycles. The van der Waals surface area contributed by atoms with Crippen LogP contribution in [0.1, 0.15) is 10.4 Å². The van der Waals surface area contributed by atoms with E-state index in [-0.39, 0.29) is 5.56 Å². The molecule has 0 spiro atoms. The van der Waals surface area contributed by atoms with Crippen LogP contribution in [-0.4, -0.2) is 26.4 Å². The third-order valence-electron chi connectivity index (χ3n) is 1.84. The van der Waals surface area contributed by atoms with Crippen LogP contribution in [-0.2, 0) is 13.8 Å². The van der Waals surface area contributed by atoms with Crippen molar-refractivity contribution in [2.24, 2.45) is 0 Å². The molecular formula is C8H6ClNO6S. The van der Waals surface area contributed by atoms with E-state index in [1.807, 2.05) is 0 Å². The van der Waals surface area contributed by atoms with Crippen LogP contribution in [0.4, 0.5) is 5.69 Å². The summed E-state index contributed by atoms with van der Waals surface area (Å²) in [6, 6.07) is 2.66. The zero-order valence-corrected chi connectivity index (χ0v) is 9.99. The first-order valence-electron chi connectivity index (χ1n) is 4.09. The summed E-state index contributed by atoms with van der Waals surface area (Å²) in [5, 5.41) is 10.5. The molecule has 0 saturated carbocycles. The van der Waals surface area contributed by atoms with Crippen molar-refractivity contribution >= 4 is 31.4 Å². The van der Waals surface area contributed by atoms with E-state index in [4.69, 9.17) is 10.7 Å². The number of carbonyl (C=O) groups excluding carboxylic acids is 1. The van der Waals surface area contributed by atoms with Crippen LogP contribution in [0.2, 0.25) is 0 Å². The first-order chi connectivity index (χ1) is 7.77. The minimum absolute atomic E-state index is 0.354. The van der Waals surface area contributed by atoms with Gasteiger partial charge in [0.25, 0.3) is 14.7 Å². The molecule has 0 N–H and O–H groups in total. The van der Waals surface area contributed by atoms with Crippen LogP contribution in [0.25, 0.3) is 0 Å². The van der Waals surface area contributed by atoms with Crippen molar-refractivity contribution in [3.63, 3.8) is 0 Å². The summed E-state index contributed by atoms with van der Waals surface area (Å²) < 4.78 is 26.7. The highest BCUT2D eigenvalue weighted by Gasteiger charge is 2.24. The largest absolute Gasteiger partial charge is 0.465 e. The van der Waals surface area contributed by atoms with Gasteiger partial charge in [0.1, 0.15) is 4.90 Å². The molecular weight excluding hydrogens is 274 g/mol. The van der Waals surface area contributed by atoms with Crippen LogP contribution in [0, 0.1) is 10.1 Å². The SMILES string of the molecule is COC(=O)c1ccc([N+](=O)[O-])cc1S(=O)(=O)Cl. The van der Waals surface area contributed by atoms with Gasteiger partial charge in [0.15, 0.2) is 0 Å². The molecule has 92 valence electrons. The van der Waals surface area contributed by atoms with Crippen molar-refractivity contribution in [3.8, 4) is 0 Å². The average Bonchev–Trinajstić information content (AvgIpc) is 2.26. The Hall–Kier alpha value is -1.67. The molecule has 1 rings (SSSR count). The fourth-order valence-electron chi connectivity index (χ4n) is 1.10. The van der Waals surface area contributed by atoms with Gasteiger partial charge in [0.2, 0.25) is 0 Å². The number of carbonyl (C=O) groups is 1. The summed E-state index contributed by atoms with van der Waals surface area (Å²) in [6.07, 6.45) is 0. The van der Waals surface area contributed by atoms with Gasteiger partial charge in [0.05, 0.1) is 17.6 Å². The minimum atomic E-state index is -4.28. The lowest BCUT2D eigenvalue weighted by molar-refractivity contribution is -0.385. The Morgan fingerprint density at radius 1 is 1.47 bits per heavy atom. The number of non-ortho nitro benzene ring substituents is 1. The number of hydrogen-bond acceptors (Lipinski definition) is 6. The lowest BCUT2D eigenvalue weighted by Crippen LogP contribution is -2.08. The zero-order valence-electron chi connectivity index (χ0n) is 8.41. The molecule has 0 amide bonds. The van der Waals surface area contributed by atoms with E-state index in [9.17, 15) is 23.3 Å². The van der Waals surface area contributed by atoms with Crippen molar-refractivity contribution in [1.29, 1.82) is 0 Å². The quantitative estimate of drug-likeness (QED) is 0.357. The van der Waals surface area contributed by atoms with Crippen LogP contribution in [0.5, 0.6) is 0 Å². The normalized spacial score (nSPS) is 10.9.